The Morgan fingerprint density at radius 1 is 1.09 bits per heavy atom. The molecule has 0 aliphatic rings. The molecule has 0 saturated carbocycles. The van der Waals surface area contributed by atoms with Crippen LogP contribution in [0.15, 0.2) is 71.6 Å². The molecular weight excluding hydrogens is 461 g/mol. The van der Waals surface area contributed by atoms with Crippen LogP contribution in [0.25, 0.3) is 16.9 Å². The lowest BCUT2D eigenvalue weighted by Gasteiger charge is -2.11. The highest BCUT2D eigenvalue weighted by Gasteiger charge is 2.20. The minimum atomic E-state index is -4.17. The zero-order chi connectivity index (χ0) is 24.3. The van der Waals surface area contributed by atoms with Crippen molar-refractivity contribution in [2.45, 2.75) is 18.7 Å². The first-order valence-electron chi connectivity index (χ1n) is 10.5. The lowest BCUT2D eigenvalue weighted by atomic mass is 10.1. The van der Waals surface area contributed by atoms with Crippen LogP contribution >= 0.6 is 0 Å². The number of imidazole rings is 1. The number of aryl methyl sites for hydroxylation is 1. The number of fused-ring (bicyclic) bond motifs is 1. The Kier molecular flexibility index (Phi) is 6.51. The zero-order valence-electron chi connectivity index (χ0n) is 18.5. The van der Waals surface area contributed by atoms with Crippen LogP contribution in [0.4, 0.5) is 10.2 Å². The van der Waals surface area contributed by atoms with Gasteiger partial charge in [-0.3, -0.25) is 9.20 Å². The van der Waals surface area contributed by atoms with E-state index in [0.717, 1.165) is 30.0 Å². The van der Waals surface area contributed by atoms with Gasteiger partial charge in [-0.2, -0.15) is 8.42 Å². The fourth-order valence-corrected chi connectivity index (χ4v) is 4.38. The third-order valence-electron chi connectivity index (χ3n) is 4.96. The van der Waals surface area contributed by atoms with Crippen molar-refractivity contribution in [2.75, 3.05) is 18.5 Å². The summed E-state index contributed by atoms with van der Waals surface area (Å²) in [5.41, 5.74) is 2.60. The Morgan fingerprint density at radius 2 is 1.82 bits per heavy atom. The van der Waals surface area contributed by atoms with E-state index in [4.69, 9.17) is 8.92 Å². The number of aromatic nitrogens is 2. The van der Waals surface area contributed by atoms with E-state index < -0.39 is 21.9 Å². The van der Waals surface area contributed by atoms with Gasteiger partial charge in [0.15, 0.2) is 0 Å². The SMILES string of the molecule is CCOC(=O)CNc1c(-c2cccc(OS(=O)(=O)c3ccc(F)cc3)c2)nc2cccc(C)n12. The van der Waals surface area contributed by atoms with Crippen molar-refractivity contribution < 1.29 is 26.5 Å². The van der Waals surface area contributed by atoms with E-state index in [-0.39, 0.29) is 23.8 Å². The van der Waals surface area contributed by atoms with Crippen molar-refractivity contribution in [3.8, 4) is 17.0 Å². The van der Waals surface area contributed by atoms with Gasteiger partial charge in [0.05, 0.1) is 6.61 Å². The molecule has 0 saturated heterocycles. The van der Waals surface area contributed by atoms with E-state index in [1.165, 1.54) is 12.1 Å². The lowest BCUT2D eigenvalue weighted by molar-refractivity contribution is -0.140. The van der Waals surface area contributed by atoms with Gasteiger partial charge in [0.1, 0.15) is 40.2 Å². The molecule has 0 fully saturated rings. The summed E-state index contributed by atoms with van der Waals surface area (Å²) in [6.45, 7) is 3.83. The summed E-state index contributed by atoms with van der Waals surface area (Å²) in [6.07, 6.45) is 0. The Bertz CT molecular complexity index is 1450. The van der Waals surface area contributed by atoms with Crippen molar-refractivity contribution in [1.82, 2.24) is 9.38 Å². The van der Waals surface area contributed by atoms with Gasteiger partial charge >= 0.3 is 16.1 Å². The van der Waals surface area contributed by atoms with E-state index in [1.54, 1.807) is 19.1 Å². The minimum Gasteiger partial charge on any atom is -0.465 e. The number of rotatable bonds is 8. The molecule has 34 heavy (non-hydrogen) atoms. The molecule has 0 aliphatic heterocycles. The van der Waals surface area contributed by atoms with Gasteiger partial charge < -0.3 is 14.2 Å². The van der Waals surface area contributed by atoms with Gasteiger partial charge in [-0.05, 0) is 62.4 Å². The fraction of sp³-hybridized carbons (Fsp3) is 0.167. The quantitative estimate of drug-likeness (QED) is 0.296. The van der Waals surface area contributed by atoms with Gasteiger partial charge in [0.25, 0.3) is 0 Å². The normalized spacial score (nSPS) is 11.4. The monoisotopic (exact) mass is 483 g/mol. The minimum absolute atomic E-state index is 0.0620. The molecule has 4 aromatic rings. The largest absolute Gasteiger partial charge is 0.465 e. The lowest BCUT2D eigenvalue weighted by Crippen LogP contribution is -2.18. The Hall–Kier alpha value is -3.92. The van der Waals surface area contributed by atoms with E-state index in [2.05, 4.69) is 10.3 Å². The zero-order valence-corrected chi connectivity index (χ0v) is 19.3. The predicted octanol–water partition coefficient (Wildman–Crippen LogP) is 4.19. The highest BCUT2D eigenvalue weighted by atomic mass is 32.2. The molecule has 2 aromatic carbocycles. The number of halogens is 1. The molecule has 10 heteroatoms. The molecule has 2 aromatic heterocycles. The topological polar surface area (TPSA) is 99.0 Å². The maximum absolute atomic E-state index is 13.2. The number of esters is 1. The molecule has 2 heterocycles. The van der Waals surface area contributed by atoms with Gasteiger partial charge in [-0.1, -0.05) is 18.2 Å². The first-order chi connectivity index (χ1) is 16.3. The Balaban J connectivity index is 1.71. The molecule has 0 radical (unpaired) electrons. The number of benzene rings is 2. The number of nitrogens with zero attached hydrogens (tertiary/aromatic N) is 2. The number of hydrogen-bond acceptors (Lipinski definition) is 7. The van der Waals surface area contributed by atoms with Crippen LogP contribution in [0.5, 0.6) is 5.75 Å². The summed E-state index contributed by atoms with van der Waals surface area (Å²) in [5.74, 6) is -0.350. The van der Waals surface area contributed by atoms with Crippen LogP contribution in [0, 0.1) is 12.7 Å². The number of pyridine rings is 1. The van der Waals surface area contributed by atoms with Crippen molar-refractivity contribution in [2.24, 2.45) is 0 Å². The van der Waals surface area contributed by atoms with Crippen molar-refractivity contribution in [1.29, 1.82) is 0 Å². The average Bonchev–Trinajstić information content (AvgIpc) is 3.18. The summed E-state index contributed by atoms with van der Waals surface area (Å²) < 4.78 is 50.6. The maximum atomic E-state index is 13.2. The van der Waals surface area contributed by atoms with Crippen molar-refractivity contribution in [3.63, 3.8) is 0 Å². The second-order valence-electron chi connectivity index (χ2n) is 7.35. The van der Waals surface area contributed by atoms with Crippen LogP contribution in [0.1, 0.15) is 12.6 Å². The summed E-state index contributed by atoms with van der Waals surface area (Å²) in [7, 11) is -4.17. The molecule has 0 aliphatic carbocycles. The van der Waals surface area contributed by atoms with Gasteiger partial charge in [-0.15, -0.1) is 0 Å². The van der Waals surface area contributed by atoms with Crippen molar-refractivity contribution >= 4 is 27.6 Å². The van der Waals surface area contributed by atoms with Crippen molar-refractivity contribution in [3.05, 3.63) is 78.2 Å². The Labute approximate surface area is 196 Å². The number of anilines is 1. The van der Waals surface area contributed by atoms with E-state index in [0.29, 0.717) is 22.7 Å². The Morgan fingerprint density at radius 3 is 2.56 bits per heavy atom. The molecule has 8 nitrogen and oxygen atoms in total. The van der Waals surface area contributed by atoms with E-state index in [1.807, 2.05) is 29.5 Å². The van der Waals surface area contributed by atoms with Crippen LogP contribution in [0.3, 0.4) is 0 Å². The van der Waals surface area contributed by atoms with Crippen LogP contribution in [-0.2, 0) is 19.6 Å². The third kappa shape index (κ3) is 4.86. The number of hydrogen-bond donors (Lipinski definition) is 1. The number of carbonyl (C=O) groups excluding carboxylic acids is 1. The van der Waals surface area contributed by atoms with Crippen LogP contribution in [0.2, 0.25) is 0 Å². The standard InChI is InChI=1S/C24H22FN3O5S/c1-3-32-22(29)15-26-24-23(27-21-9-4-6-16(2)28(21)24)17-7-5-8-19(14-17)33-34(30,31)20-12-10-18(25)11-13-20/h4-14,26H,3,15H2,1-2H3. The summed E-state index contributed by atoms with van der Waals surface area (Å²) in [5, 5.41) is 3.09. The maximum Gasteiger partial charge on any atom is 0.339 e. The summed E-state index contributed by atoms with van der Waals surface area (Å²) >= 11 is 0. The third-order valence-corrected chi connectivity index (χ3v) is 6.22. The van der Waals surface area contributed by atoms with E-state index >= 15 is 0 Å². The summed E-state index contributed by atoms with van der Waals surface area (Å²) in [4.78, 5) is 16.5. The molecule has 0 amide bonds. The van der Waals surface area contributed by atoms with Crippen LogP contribution < -0.4 is 9.50 Å². The number of carbonyl (C=O) groups is 1. The molecule has 1 N–H and O–H groups in total. The van der Waals surface area contributed by atoms with Gasteiger partial charge in [0, 0.05) is 11.3 Å². The second-order valence-corrected chi connectivity index (χ2v) is 8.89. The molecule has 176 valence electrons. The highest BCUT2D eigenvalue weighted by molar-refractivity contribution is 7.87. The fourth-order valence-electron chi connectivity index (χ4n) is 3.46. The first-order valence-corrected chi connectivity index (χ1v) is 11.9. The average molecular weight is 484 g/mol. The molecule has 0 unspecified atom stereocenters. The van der Waals surface area contributed by atoms with Gasteiger partial charge in [0.2, 0.25) is 0 Å². The number of ether oxygens (including phenoxy) is 1. The molecule has 4 rings (SSSR count). The molecular formula is C24H22FN3O5S. The smallest absolute Gasteiger partial charge is 0.339 e. The highest BCUT2D eigenvalue weighted by Crippen LogP contribution is 2.32. The predicted molar refractivity (Wildman–Crippen MR) is 125 cm³/mol. The summed E-state index contributed by atoms with van der Waals surface area (Å²) in [6, 6.07) is 16.4. The molecule has 0 atom stereocenters. The van der Waals surface area contributed by atoms with Gasteiger partial charge in [-0.25, -0.2) is 9.37 Å². The first kappa shape index (κ1) is 23.2. The number of nitrogens with one attached hydrogen (secondary N) is 1. The van der Waals surface area contributed by atoms with Crippen LogP contribution in [-0.4, -0.2) is 36.9 Å². The molecule has 0 bridgehead atoms. The second kappa shape index (κ2) is 9.52. The molecule has 0 spiro atoms. The van der Waals surface area contributed by atoms with E-state index in [9.17, 15) is 17.6 Å².